The molecule has 29 heavy (non-hydrogen) atoms. The van der Waals surface area contributed by atoms with Crippen LogP contribution in [0, 0.1) is 0 Å². The summed E-state index contributed by atoms with van der Waals surface area (Å²) in [6.07, 6.45) is -1.07. The second kappa shape index (κ2) is 6.73. The summed E-state index contributed by atoms with van der Waals surface area (Å²) in [5, 5.41) is 9.51. The van der Waals surface area contributed by atoms with Crippen LogP contribution >= 0.6 is 11.8 Å². The van der Waals surface area contributed by atoms with E-state index in [9.17, 15) is 13.6 Å². The molecule has 0 saturated carbocycles. The number of amides is 1. The predicted molar refractivity (Wildman–Crippen MR) is 105 cm³/mol. The largest absolute Gasteiger partial charge is 0.586 e. The summed E-state index contributed by atoms with van der Waals surface area (Å²) in [7, 11) is 0. The Morgan fingerprint density at radius 1 is 1.24 bits per heavy atom. The van der Waals surface area contributed by atoms with Crippen LogP contribution in [-0.2, 0) is 4.79 Å². The van der Waals surface area contributed by atoms with Crippen molar-refractivity contribution < 1.29 is 23.0 Å². The molecule has 1 N–H and O–H groups in total. The highest BCUT2D eigenvalue weighted by atomic mass is 32.2. The number of para-hydroxylation sites is 1. The average Bonchev–Trinajstić information content (AvgIpc) is 3.29. The molecule has 0 fully saturated rings. The molecule has 148 valence electrons. The van der Waals surface area contributed by atoms with Crippen molar-refractivity contribution in [1.82, 2.24) is 5.01 Å². The van der Waals surface area contributed by atoms with E-state index in [0.717, 1.165) is 17.7 Å². The van der Waals surface area contributed by atoms with Crippen LogP contribution < -0.4 is 14.8 Å². The fraction of sp³-hybridized carbons (Fsp3) is 0.211. The molecule has 1 atom stereocenters. The minimum absolute atomic E-state index is 0.0736. The number of rotatable bonds is 3. The van der Waals surface area contributed by atoms with Crippen molar-refractivity contribution >= 4 is 40.4 Å². The van der Waals surface area contributed by atoms with Crippen LogP contribution in [0.4, 0.5) is 20.2 Å². The van der Waals surface area contributed by atoms with Crippen LogP contribution in [0.25, 0.3) is 0 Å². The van der Waals surface area contributed by atoms with Crippen LogP contribution in [0.15, 0.2) is 52.6 Å². The minimum atomic E-state index is -3.69. The highest BCUT2D eigenvalue weighted by Gasteiger charge is 2.43. The van der Waals surface area contributed by atoms with Crippen molar-refractivity contribution in [1.29, 1.82) is 0 Å². The van der Waals surface area contributed by atoms with Gasteiger partial charge in [-0.05, 0) is 18.2 Å². The maximum atomic E-state index is 13.1. The van der Waals surface area contributed by atoms with Gasteiger partial charge in [0.2, 0.25) is 5.91 Å². The molecular formula is C19H14F2N4O3S. The summed E-state index contributed by atoms with van der Waals surface area (Å²) < 4.78 is 35.0. The summed E-state index contributed by atoms with van der Waals surface area (Å²) in [5.41, 5.74) is 2.32. The van der Waals surface area contributed by atoms with E-state index in [-0.39, 0.29) is 29.2 Å². The third-order valence-corrected chi connectivity index (χ3v) is 5.50. The summed E-state index contributed by atoms with van der Waals surface area (Å²) >= 11 is 1.26. The summed E-state index contributed by atoms with van der Waals surface area (Å²) in [5.74, 6) is -0.412. The van der Waals surface area contributed by atoms with Gasteiger partial charge in [-0.2, -0.15) is 5.10 Å². The number of fused-ring (bicyclic) bond motifs is 4. The number of hydrogen-bond acceptors (Lipinski definition) is 7. The van der Waals surface area contributed by atoms with Gasteiger partial charge < -0.3 is 14.8 Å². The molecule has 2 aromatic carbocycles. The van der Waals surface area contributed by atoms with Gasteiger partial charge in [0.15, 0.2) is 16.7 Å². The molecule has 0 aliphatic carbocycles. The second-order valence-electron chi connectivity index (χ2n) is 6.51. The van der Waals surface area contributed by atoms with Gasteiger partial charge in [0, 0.05) is 30.0 Å². The Morgan fingerprint density at radius 2 is 2.07 bits per heavy atom. The molecule has 0 aromatic heterocycles. The Kier molecular flexibility index (Phi) is 4.16. The van der Waals surface area contributed by atoms with Crippen molar-refractivity contribution in [2.45, 2.75) is 18.8 Å². The number of thioether (sulfide) groups is 1. The first kappa shape index (κ1) is 17.9. The third kappa shape index (κ3) is 3.39. The smallest absolute Gasteiger partial charge is 0.395 e. The lowest BCUT2D eigenvalue weighted by molar-refractivity contribution is -0.286. The van der Waals surface area contributed by atoms with Crippen LogP contribution in [0.3, 0.4) is 0 Å². The van der Waals surface area contributed by atoms with Gasteiger partial charge in [0.25, 0.3) is 0 Å². The van der Waals surface area contributed by atoms with Gasteiger partial charge in [-0.25, -0.2) is 10.0 Å². The predicted octanol–water partition coefficient (Wildman–Crippen LogP) is 4.11. The van der Waals surface area contributed by atoms with E-state index in [1.807, 2.05) is 35.5 Å². The highest BCUT2D eigenvalue weighted by Crippen LogP contribution is 2.43. The molecule has 0 spiro atoms. The molecule has 7 nitrogen and oxygen atoms in total. The Hall–Kier alpha value is -3.14. The van der Waals surface area contributed by atoms with Crippen LogP contribution in [-0.4, -0.2) is 34.3 Å². The van der Waals surface area contributed by atoms with Gasteiger partial charge >= 0.3 is 6.29 Å². The average molecular weight is 416 g/mol. The summed E-state index contributed by atoms with van der Waals surface area (Å²) in [6.45, 7) is 0. The van der Waals surface area contributed by atoms with Crippen molar-refractivity contribution in [2.24, 2.45) is 10.1 Å². The van der Waals surface area contributed by atoms with Crippen molar-refractivity contribution in [3.63, 3.8) is 0 Å². The zero-order valence-electron chi connectivity index (χ0n) is 14.8. The first-order chi connectivity index (χ1) is 14.0. The Morgan fingerprint density at radius 3 is 2.97 bits per heavy atom. The van der Waals surface area contributed by atoms with Gasteiger partial charge in [-0.3, -0.25) is 4.79 Å². The SMILES string of the molecule is O=C(CSC1=Nc2ccccc2C2CC=NN12)Nc1ccc2c(c1)OC(F)(F)O2. The molecular weight excluding hydrogens is 402 g/mol. The van der Waals surface area contributed by atoms with E-state index < -0.39 is 6.29 Å². The van der Waals surface area contributed by atoms with Gasteiger partial charge in [-0.1, -0.05) is 30.0 Å². The number of anilines is 1. The zero-order chi connectivity index (χ0) is 20.0. The van der Waals surface area contributed by atoms with E-state index in [0.29, 0.717) is 10.9 Å². The maximum absolute atomic E-state index is 13.1. The number of aliphatic imine (C=N–C) groups is 1. The van der Waals surface area contributed by atoms with E-state index in [2.05, 4.69) is 24.9 Å². The first-order valence-electron chi connectivity index (χ1n) is 8.80. The number of benzene rings is 2. The molecule has 0 bridgehead atoms. The molecule has 1 amide bonds. The molecule has 0 radical (unpaired) electrons. The Bertz CT molecular complexity index is 1060. The standard InChI is InChI=1S/C19H14F2N4O3S/c20-19(21)27-15-6-5-11(9-16(15)28-19)23-17(26)10-29-18-24-13-4-2-1-3-12(13)14-7-8-22-25(14)18/h1-6,8-9,14H,7,10H2,(H,23,26). The number of amidine groups is 1. The van der Waals surface area contributed by atoms with E-state index >= 15 is 0 Å². The number of nitrogens with one attached hydrogen (secondary N) is 1. The van der Waals surface area contributed by atoms with Crippen molar-refractivity contribution in [3.05, 3.63) is 48.0 Å². The number of alkyl halides is 2. The zero-order valence-corrected chi connectivity index (χ0v) is 15.7. The second-order valence-corrected chi connectivity index (χ2v) is 7.46. The quantitative estimate of drug-likeness (QED) is 0.815. The lowest BCUT2D eigenvalue weighted by Crippen LogP contribution is -2.29. The molecule has 5 rings (SSSR count). The van der Waals surface area contributed by atoms with Crippen molar-refractivity contribution in [2.75, 3.05) is 11.1 Å². The highest BCUT2D eigenvalue weighted by molar-refractivity contribution is 8.14. The van der Waals surface area contributed by atoms with E-state index in [4.69, 9.17) is 0 Å². The van der Waals surface area contributed by atoms with Crippen LogP contribution in [0.2, 0.25) is 0 Å². The topological polar surface area (TPSA) is 75.5 Å². The number of hydrogen-bond donors (Lipinski definition) is 1. The van der Waals surface area contributed by atoms with E-state index in [1.54, 1.807) is 0 Å². The Balaban J connectivity index is 1.26. The summed E-state index contributed by atoms with van der Waals surface area (Å²) in [6, 6.07) is 12.0. The molecule has 1 unspecified atom stereocenters. The first-order valence-corrected chi connectivity index (χ1v) is 9.79. The number of carbonyl (C=O) groups excluding carboxylic acids is 1. The molecule has 3 aliphatic heterocycles. The fourth-order valence-corrected chi connectivity index (χ4v) is 4.14. The lowest BCUT2D eigenvalue weighted by atomic mass is 10.0. The Labute approximate surface area is 168 Å². The van der Waals surface area contributed by atoms with Crippen LogP contribution in [0.1, 0.15) is 18.0 Å². The number of hydrazone groups is 1. The number of halogens is 2. The third-order valence-electron chi connectivity index (χ3n) is 4.56. The van der Waals surface area contributed by atoms with Crippen molar-refractivity contribution in [3.8, 4) is 11.5 Å². The van der Waals surface area contributed by atoms with E-state index in [1.165, 1.54) is 30.0 Å². The minimum Gasteiger partial charge on any atom is -0.395 e. The fourth-order valence-electron chi connectivity index (χ4n) is 3.33. The maximum Gasteiger partial charge on any atom is 0.586 e. The lowest BCUT2D eigenvalue weighted by Gasteiger charge is -2.29. The van der Waals surface area contributed by atoms with Crippen LogP contribution in [0.5, 0.6) is 11.5 Å². The monoisotopic (exact) mass is 416 g/mol. The molecule has 10 heteroatoms. The number of nitrogens with zero attached hydrogens (tertiary/aromatic N) is 3. The number of ether oxygens (including phenoxy) is 2. The number of carbonyl (C=O) groups is 1. The normalized spacial score (nSPS) is 20.1. The van der Waals surface area contributed by atoms with Gasteiger partial charge in [0.1, 0.15) is 0 Å². The molecule has 2 aromatic rings. The molecule has 3 aliphatic rings. The molecule has 3 heterocycles. The van der Waals surface area contributed by atoms with Gasteiger partial charge in [0.05, 0.1) is 17.5 Å². The summed E-state index contributed by atoms with van der Waals surface area (Å²) in [4.78, 5) is 17.0. The van der Waals surface area contributed by atoms with Gasteiger partial charge in [-0.15, -0.1) is 8.78 Å². The molecule has 0 saturated heterocycles.